The maximum atomic E-state index is 13.1. The molecule has 0 saturated carbocycles. The summed E-state index contributed by atoms with van der Waals surface area (Å²) in [7, 11) is 0. The molecule has 3 aromatic rings. The van der Waals surface area contributed by atoms with Gasteiger partial charge < -0.3 is 5.32 Å². The van der Waals surface area contributed by atoms with Crippen LogP contribution in [0, 0.1) is 5.82 Å². The molecular weight excluding hydrogens is 361 g/mol. The van der Waals surface area contributed by atoms with Gasteiger partial charge in [-0.25, -0.2) is 4.39 Å². The lowest BCUT2D eigenvalue weighted by Gasteiger charge is -2.16. The van der Waals surface area contributed by atoms with Crippen LogP contribution in [-0.2, 0) is 4.79 Å². The minimum atomic E-state index is -0.305. The van der Waals surface area contributed by atoms with E-state index < -0.39 is 0 Å². The lowest BCUT2D eigenvalue weighted by atomic mass is 10.0. The van der Waals surface area contributed by atoms with Crippen LogP contribution in [0.25, 0.3) is 11.6 Å². The molecule has 3 aromatic carbocycles. The molecule has 4 heteroatoms. The van der Waals surface area contributed by atoms with Gasteiger partial charge in [0.1, 0.15) is 5.82 Å². The van der Waals surface area contributed by atoms with Gasteiger partial charge in [0, 0.05) is 10.6 Å². The molecule has 0 spiro atoms. The summed E-state index contributed by atoms with van der Waals surface area (Å²) in [5, 5.41) is 3.56. The Bertz CT molecular complexity index is 952. The number of amides is 1. The van der Waals surface area contributed by atoms with Crippen LogP contribution < -0.4 is 5.32 Å². The SMILES string of the molecule is CC(NC(=O)/C(=C/c1ccccc1Cl)c1ccccc1)c1ccc(F)cc1. The van der Waals surface area contributed by atoms with E-state index in [1.165, 1.54) is 12.1 Å². The third kappa shape index (κ3) is 4.83. The van der Waals surface area contributed by atoms with Crippen LogP contribution in [0.4, 0.5) is 4.39 Å². The summed E-state index contributed by atoms with van der Waals surface area (Å²) >= 11 is 6.27. The van der Waals surface area contributed by atoms with Crippen LogP contribution in [0.1, 0.15) is 29.7 Å². The van der Waals surface area contributed by atoms with E-state index in [2.05, 4.69) is 5.32 Å². The Balaban J connectivity index is 1.92. The van der Waals surface area contributed by atoms with Crippen molar-refractivity contribution in [1.29, 1.82) is 0 Å². The summed E-state index contributed by atoms with van der Waals surface area (Å²) in [5.74, 6) is -0.529. The van der Waals surface area contributed by atoms with Crippen molar-refractivity contribution in [2.45, 2.75) is 13.0 Å². The Kier molecular flexibility index (Phi) is 6.05. The van der Waals surface area contributed by atoms with E-state index in [1.54, 1.807) is 24.3 Å². The Morgan fingerprint density at radius 1 is 0.963 bits per heavy atom. The van der Waals surface area contributed by atoms with E-state index in [4.69, 9.17) is 11.6 Å². The third-order valence-corrected chi connectivity index (χ3v) is 4.60. The molecule has 0 bridgehead atoms. The number of hydrogen-bond donors (Lipinski definition) is 1. The zero-order valence-electron chi connectivity index (χ0n) is 14.8. The fourth-order valence-electron chi connectivity index (χ4n) is 2.75. The summed E-state index contributed by atoms with van der Waals surface area (Å²) < 4.78 is 13.1. The molecule has 0 heterocycles. The van der Waals surface area contributed by atoms with Gasteiger partial charge in [0.15, 0.2) is 0 Å². The van der Waals surface area contributed by atoms with Crippen molar-refractivity contribution in [3.8, 4) is 0 Å². The number of halogens is 2. The summed E-state index contributed by atoms with van der Waals surface area (Å²) in [4.78, 5) is 13.0. The predicted octanol–water partition coefficient (Wildman–Crippen LogP) is 5.90. The minimum absolute atomic E-state index is 0.224. The predicted molar refractivity (Wildman–Crippen MR) is 109 cm³/mol. The number of hydrogen-bond acceptors (Lipinski definition) is 1. The number of carbonyl (C=O) groups excluding carboxylic acids is 1. The average molecular weight is 380 g/mol. The first-order valence-electron chi connectivity index (χ1n) is 8.62. The summed E-state index contributed by atoms with van der Waals surface area (Å²) in [5.41, 5.74) is 2.90. The average Bonchev–Trinajstić information content (AvgIpc) is 2.68. The second-order valence-corrected chi connectivity index (χ2v) is 6.60. The van der Waals surface area contributed by atoms with Gasteiger partial charge in [-0.1, -0.05) is 72.3 Å². The van der Waals surface area contributed by atoms with Crippen molar-refractivity contribution in [2.75, 3.05) is 0 Å². The van der Waals surface area contributed by atoms with Gasteiger partial charge in [0.05, 0.1) is 6.04 Å². The van der Waals surface area contributed by atoms with Crippen molar-refractivity contribution in [2.24, 2.45) is 0 Å². The minimum Gasteiger partial charge on any atom is -0.345 e. The molecule has 0 aromatic heterocycles. The topological polar surface area (TPSA) is 29.1 Å². The first-order chi connectivity index (χ1) is 13.0. The zero-order valence-corrected chi connectivity index (χ0v) is 15.6. The highest BCUT2D eigenvalue weighted by atomic mass is 35.5. The number of carbonyl (C=O) groups is 1. The highest BCUT2D eigenvalue weighted by molar-refractivity contribution is 6.33. The quantitative estimate of drug-likeness (QED) is 0.434. The van der Waals surface area contributed by atoms with Gasteiger partial charge in [-0.2, -0.15) is 0 Å². The largest absolute Gasteiger partial charge is 0.345 e. The fraction of sp³-hybridized carbons (Fsp3) is 0.0870. The fourth-order valence-corrected chi connectivity index (χ4v) is 2.94. The van der Waals surface area contributed by atoms with Crippen molar-refractivity contribution in [3.05, 3.63) is 106 Å². The molecule has 1 unspecified atom stereocenters. The van der Waals surface area contributed by atoms with Crippen LogP contribution in [0.15, 0.2) is 78.9 Å². The van der Waals surface area contributed by atoms with Crippen LogP contribution in [0.2, 0.25) is 5.02 Å². The maximum Gasteiger partial charge on any atom is 0.252 e. The molecule has 0 saturated heterocycles. The van der Waals surface area contributed by atoms with Gasteiger partial charge in [-0.3, -0.25) is 4.79 Å². The van der Waals surface area contributed by atoms with Gasteiger partial charge in [-0.05, 0) is 47.9 Å². The van der Waals surface area contributed by atoms with Crippen LogP contribution in [0.5, 0.6) is 0 Å². The van der Waals surface area contributed by atoms with Crippen LogP contribution >= 0.6 is 11.6 Å². The molecule has 0 aliphatic carbocycles. The van der Waals surface area contributed by atoms with Crippen molar-refractivity contribution in [1.82, 2.24) is 5.32 Å². The van der Waals surface area contributed by atoms with E-state index in [0.717, 1.165) is 16.7 Å². The van der Waals surface area contributed by atoms with Gasteiger partial charge in [-0.15, -0.1) is 0 Å². The van der Waals surface area contributed by atoms with Crippen LogP contribution in [-0.4, -0.2) is 5.91 Å². The monoisotopic (exact) mass is 379 g/mol. The van der Waals surface area contributed by atoms with E-state index in [9.17, 15) is 9.18 Å². The van der Waals surface area contributed by atoms with Gasteiger partial charge >= 0.3 is 0 Å². The van der Waals surface area contributed by atoms with Crippen LogP contribution in [0.3, 0.4) is 0 Å². The first kappa shape index (κ1) is 18.9. The van der Waals surface area contributed by atoms with Crippen molar-refractivity contribution < 1.29 is 9.18 Å². The third-order valence-electron chi connectivity index (χ3n) is 4.25. The standard InChI is InChI=1S/C23H19ClFNO/c1-16(17-11-13-20(25)14-12-17)26-23(27)21(18-7-3-2-4-8-18)15-19-9-5-6-10-22(19)24/h2-16H,1H3,(H,26,27)/b21-15+. The molecule has 0 fully saturated rings. The number of benzene rings is 3. The lowest BCUT2D eigenvalue weighted by Crippen LogP contribution is -2.27. The second-order valence-electron chi connectivity index (χ2n) is 6.19. The van der Waals surface area contributed by atoms with Gasteiger partial charge in [0.25, 0.3) is 5.91 Å². The molecule has 27 heavy (non-hydrogen) atoms. The zero-order chi connectivity index (χ0) is 19.2. The molecule has 0 aliphatic heterocycles. The first-order valence-corrected chi connectivity index (χ1v) is 9.00. The molecule has 1 N–H and O–H groups in total. The highest BCUT2D eigenvalue weighted by Gasteiger charge is 2.16. The van der Waals surface area contributed by atoms with E-state index in [0.29, 0.717) is 10.6 Å². The Morgan fingerprint density at radius 3 is 2.26 bits per heavy atom. The highest BCUT2D eigenvalue weighted by Crippen LogP contribution is 2.24. The Hall–Kier alpha value is -2.91. The van der Waals surface area contributed by atoms with E-state index in [-0.39, 0.29) is 17.8 Å². The molecule has 136 valence electrons. The molecular formula is C23H19ClFNO. The summed E-state index contributed by atoms with van der Waals surface area (Å²) in [6.07, 6.45) is 1.78. The van der Waals surface area contributed by atoms with Crippen molar-refractivity contribution >= 4 is 29.2 Å². The molecule has 1 atom stereocenters. The summed E-state index contributed by atoms with van der Waals surface area (Å²) in [6, 6.07) is 22.6. The Labute approximate surface area is 163 Å². The molecule has 0 radical (unpaired) electrons. The molecule has 3 rings (SSSR count). The van der Waals surface area contributed by atoms with Gasteiger partial charge in [0.2, 0.25) is 0 Å². The second kappa shape index (κ2) is 8.65. The molecule has 2 nitrogen and oxygen atoms in total. The summed E-state index contributed by atoms with van der Waals surface area (Å²) in [6.45, 7) is 1.86. The lowest BCUT2D eigenvalue weighted by molar-refractivity contribution is -0.116. The van der Waals surface area contributed by atoms with E-state index >= 15 is 0 Å². The molecule has 1 amide bonds. The maximum absolute atomic E-state index is 13.1. The number of rotatable bonds is 5. The van der Waals surface area contributed by atoms with E-state index in [1.807, 2.05) is 55.5 Å². The Morgan fingerprint density at radius 2 is 1.59 bits per heavy atom. The smallest absolute Gasteiger partial charge is 0.252 e. The normalized spacial score (nSPS) is 12.5. The van der Waals surface area contributed by atoms with Crippen molar-refractivity contribution in [3.63, 3.8) is 0 Å². The molecule has 0 aliphatic rings. The number of nitrogens with one attached hydrogen (secondary N) is 1.